The third kappa shape index (κ3) is 3.62. The zero-order valence-corrected chi connectivity index (χ0v) is 8.62. The van der Waals surface area contributed by atoms with E-state index in [4.69, 9.17) is 4.74 Å². The number of methoxy groups -OCH3 is 1. The molecule has 1 aromatic heterocycles. The molecule has 0 spiro atoms. The van der Waals surface area contributed by atoms with Gasteiger partial charge >= 0.3 is 0 Å². The minimum Gasteiger partial charge on any atom is -0.383 e. The van der Waals surface area contributed by atoms with E-state index in [-0.39, 0.29) is 5.91 Å². The zero-order chi connectivity index (χ0) is 10.4. The number of aryl methyl sites for hydroxylation is 1. The SMILES string of the molecule is COCCNC(=O)Cc1ccn(C)c1. The van der Waals surface area contributed by atoms with Crippen LogP contribution < -0.4 is 5.32 Å². The van der Waals surface area contributed by atoms with Gasteiger partial charge in [-0.15, -0.1) is 0 Å². The first-order valence-electron chi connectivity index (χ1n) is 4.59. The Bertz CT molecular complexity index is 294. The van der Waals surface area contributed by atoms with E-state index in [9.17, 15) is 4.79 Å². The molecule has 0 radical (unpaired) electrons. The minimum atomic E-state index is 0.0354. The summed E-state index contributed by atoms with van der Waals surface area (Å²) in [6.45, 7) is 1.13. The summed E-state index contributed by atoms with van der Waals surface area (Å²) < 4.78 is 6.76. The van der Waals surface area contributed by atoms with Crippen molar-refractivity contribution in [3.63, 3.8) is 0 Å². The van der Waals surface area contributed by atoms with Gasteiger partial charge in [-0.2, -0.15) is 0 Å². The molecule has 0 aliphatic heterocycles. The maximum absolute atomic E-state index is 11.3. The highest BCUT2D eigenvalue weighted by Crippen LogP contribution is 1.99. The van der Waals surface area contributed by atoms with Gasteiger partial charge in [0, 0.05) is 33.1 Å². The minimum absolute atomic E-state index is 0.0354. The first kappa shape index (κ1) is 10.8. The Hall–Kier alpha value is -1.29. The Labute approximate surface area is 83.9 Å². The number of carbonyl (C=O) groups is 1. The summed E-state index contributed by atoms with van der Waals surface area (Å²) in [5, 5.41) is 2.77. The third-order valence-electron chi connectivity index (χ3n) is 1.89. The van der Waals surface area contributed by atoms with Crippen molar-refractivity contribution in [2.75, 3.05) is 20.3 Å². The summed E-state index contributed by atoms with van der Waals surface area (Å²) in [6, 6.07) is 1.94. The second kappa shape index (κ2) is 5.44. The quantitative estimate of drug-likeness (QED) is 0.690. The Balaban J connectivity index is 2.27. The molecule has 0 saturated heterocycles. The predicted molar refractivity (Wildman–Crippen MR) is 54.0 cm³/mol. The normalized spacial score (nSPS) is 10.1. The molecule has 78 valence electrons. The van der Waals surface area contributed by atoms with Crippen LogP contribution in [0.4, 0.5) is 0 Å². The van der Waals surface area contributed by atoms with Gasteiger partial charge in [-0.25, -0.2) is 0 Å². The molecule has 0 atom stereocenters. The van der Waals surface area contributed by atoms with Crippen LogP contribution in [0.15, 0.2) is 18.5 Å². The lowest BCUT2D eigenvalue weighted by atomic mass is 10.2. The number of carbonyl (C=O) groups excluding carboxylic acids is 1. The van der Waals surface area contributed by atoms with Crippen molar-refractivity contribution in [1.82, 2.24) is 9.88 Å². The summed E-state index contributed by atoms with van der Waals surface area (Å²) >= 11 is 0. The maximum atomic E-state index is 11.3. The molecule has 0 saturated carbocycles. The van der Waals surface area contributed by atoms with Crippen molar-refractivity contribution in [2.45, 2.75) is 6.42 Å². The van der Waals surface area contributed by atoms with E-state index in [2.05, 4.69) is 5.32 Å². The lowest BCUT2D eigenvalue weighted by Gasteiger charge is -2.02. The van der Waals surface area contributed by atoms with E-state index < -0.39 is 0 Å². The third-order valence-corrected chi connectivity index (χ3v) is 1.89. The van der Waals surface area contributed by atoms with Gasteiger partial charge in [-0.05, 0) is 11.6 Å². The van der Waals surface area contributed by atoms with Crippen molar-refractivity contribution >= 4 is 5.91 Å². The van der Waals surface area contributed by atoms with Crippen molar-refractivity contribution in [1.29, 1.82) is 0 Å². The molecule has 14 heavy (non-hydrogen) atoms. The second-order valence-corrected chi connectivity index (χ2v) is 3.20. The molecule has 0 aliphatic rings. The molecule has 1 heterocycles. The van der Waals surface area contributed by atoms with Gasteiger partial charge in [-0.1, -0.05) is 0 Å². The first-order chi connectivity index (χ1) is 6.72. The molecular formula is C10H16N2O2. The number of aromatic nitrogens is 1. The number of hydrogen-bond acceptors (Lipinski definition) is 2. The standard InChI is InChI=1S/C10H16N2O2/c1-12-5-3-9(8-12)7-10(13)11-4-6-14-2/h3,5,8H,4,6-7H2,1-2H3,(H,11,13). The Morgan fingerprint density at radius 3 is 3.00 bits per heavy atom. The van der Waals surface area contributed by atoms with Gasteiger partial charge in [0.2, 0.25) is 5.91 Å². The topological polar surface area (TPSA) is 43.3 Å². The van der Waals surface area contributed by atoms with E-state index in [0.717, 1.165) is 5.56 Å². The molecule has 0 fully saturated rings. The largest absolute Gasteiger partial charge is 0.383 e. The van der Waals surface area contributed by atoms with Gasteiger partial charge < -0.3 is 14.6 Å². The summed E-state index contributed by atoms with van der Waals surface area (Å²) in [5.41, 5.74) is 1.03. The van der Waals surface area contributed by atoms with Crippen LogP contribution in [0.1, 0.15) is 5.56 Å². The number of ether oxygens (including phenoxy) is 1. The van der Waals surface area contributed by atoms with E-state index in [1.165, 1.54) is 0 Å². The summed E-state index contributed by atoms with van der Waals surface area (Å²) in [4.78, 5) is 11.3. The van der Waals surface area contributed by atoms with Crippen LogP contribution in [0, 0.1) is 0 Å². The number of nitrogens with zero attached hydrogens (tertiary/aromatic N) is 1. The van der Waals surface area contributed by atoms with E-state index in [1.54, 1.807) is 7.11 Å². The summed E-state index contributed by atoms with van der Waals surface area (Å²) in [5.74, 6) is 0.0354. The zero-order valence-electron chi connectivity index (χ0n) is 8.62. The van der Waals surface area contributed by atoms with Gasteiger partial charge in [0.15, 0.2) is 0 Å². The fourth-order valence-corrected chi connectivity index (χ4v) is 1.21. The average Bonchev–Trinajstić information content (AvgIpc) is 2.52. The van der Waals surface area contributed by atoms with Gasteiger partial charge in [-0.3, -0.25) is 4.79 Å². The monoisotopic (exact) mass is 196 g/mol. The van der Waals surface area contributed by atoms with Crippen LogP contribution in [0.3, 0.4) is 0 Å². The van der Waals surface area contributed by atoms with Crippen molar-refractivity contribution in [3.05, 3.63) is 24.0 Å². The number of rotatable bonds is 5. The molecule has 1 aromatic rings. The van der Waals surface area contributed by atoms with Gasteiger partial charge in [0.25, 0.3) is 0 Å². The Morgan fingerprint density at radius 1 is 1.64 bits per heavy atom. The first-order valence-corrected chi connectivity index (χ1v) is 4.59. The van der Waals surface area contributed by atoms with Crippen LogP contribution in [0.5, 0.6) is 0 Å². The summed E-state index contributed by atoms with van der Waals surface area (Å²) in [6.07, 6.45) is 4.30. The van der Waals surface area contributed by atoms with Crippen LogP contribution in [0.2, 0.25) is 0 Å². The predicted octanol–water partition coefficient (Wildman–Crippen LogP) is 0.330. The van der Waals surface area contributed by atoms with Gasteiger partial charge in [0.05, 0.1) is 13.0 Å². The highest BCUT2D eigenvalue weighted by atomic mass is 16.5. The maximum Gasteiger partial charge on any atom is 0.224 e. The Kier molecular flexibility index (Phi) is 4.19. The molecule has 4 nitrogen and oxygen atoms in total. The molecule has 1 amide bonds. The van der Waals surface area contributed by atoms with Crippen LogP contribution in [0.25, 0.3) is 0 Å². The fourth-order valence-electron chi connectivity index (χ4n) is 1.21. The molecular weight excluding hydrogens is 180 g/mol. The lowest BCUT2D eigenvalue weighted by molar-refractivity contribution is -0.120. The highest BCUT2D eigenvalue weighted by Gasteiger charge is 2.02. The number of amides is 1. The summed E-state index contributed by atoms with van der Waals surface area (Å²) in [7, 11) is 3.55. The second-order valence-electron chi connectivity index (χ2n) is 3.20. The molecule has 1 rings (SSSR count). The van der Waals surface area contributed by atoms with Crippen molar-refractivity contribution in [2.24, 2.45) is 7.05 Å². The van der Waals surface area contributed by atoms with Crippen molar-refractivity contribution < 1.29 is 9.53 Å². The molecule has 0 unspecified atom stereocenters. The number of hydrogen-bond donors (Lipinski definition) is 1. The van der Waals surface area contributed by atoms with Gasteiger partial charge in [0.1, 0.15) is 0 Å². The van der Waals surface area contributed by atoms with E-state index in [0.29, 0.717) is 19.6 Å². The molecule has 0 aliphatic carbocycles. The molecule has 4 heteroatoms. The van der Waals surface area contributed by atoms with Crippen molar-refractivity contribution in [3.8, 4) is 0 Å². The fraction of sp³-hybridized carbons (Fsp3) is 0.500. The smallest absolute Gasteiger partial charge is 0.224 e. The Morgan fingerprint density at radius 2 is 2.43 bits per heavy atom. The van der Waals surface area contributed by atoms with E-state index in [1.807, 2.05) is 30.1 Å². The highest BCUT2D eigenvalue weighted by molar-refractivity contribution is 5.78. The molecule has 1 N–H and O–H groups in total. The van der Waals surface area contributed by atoms with Crippen LogP contribution >= 0.6 is 0 Å². The van der Waals surface area contributed by atoms with E-state index >= 15 is 0 Å². The lowest BCUT2D eigenvalue weighted by Crippen LogP contribution is -2.28. The number of nitrogens with one attached hydrogen (secondary N) is 1. The van der Waals surface area contributed by atoms with Crippen LogP contribution in [-0.4, -0.2) is 30.7 Å². The van der Waals surface area contributed by atoms with Crippen LogP contribution in [-0.2, 0) is 23.0 Å². The molecule has 0 aromatic carbocycles. The molecule has 0 bridgehead atoms. The average molecular weight is 196 g/mol.